The number of hydrogen-bond donors (Lipinski definition) is 2. The second-order valence-electron chi connectivity index (χ2n) is 7.16. The van der Waals surface area contributed by atoms with Crippen LogP contribution in [0.5, 0.6) is 0 Å². The minimum Gasteiger partial charge on any atom is -0.480 e. The maximum atomic E-state index is 11.8. The molecule has 1 atom stereocenters. The van der Waals surface area contributed by atoms with Crippen molar-refractivity contribution in [3.05, 3.63) is 0 Å². The van der Waals surface area contributed by atoms with Gasteiger partial charge in [0.25, 0.3) is 0 Å². The van der Waals surface area contributed by atoms with Crippen molar-refractivity contribution in [3.8, 4) is 0 Å². The number of esters is 1. The van der Waals surface area contributed by atoms with E-state index in [1.54, 1.807) is 0 Å². The van der Waals surface area contributed by atoms with Crippen LogP contribution in [0.4, 0.5) is 0 Å². The number of nitrogens with one attached hydrogen (secondary N) is 1. The molecule has 0 fully saturated rings. The van der Waals surface area contributed by atoms with Gasteiger partial charge < -0.3 is 15.2 Å². The van der Waals surface area contributed by atoms with Gasteiger partial charge in [0.05, 0.1) is 13.0 Å². The van der Waals surface area contributed by atoms with Gasteiger partial charge >= 0.3 is 11.9 Å². The van der Waals surface area contributed by atoms with Crippen LogP contribution in [0.15, 0.2) is 0 Å². The van der Waals surface area contributed by atoms with Crippen molar-refractivity contribution in [1.82, 2.24) is 5.32 Å². The minimum atomic E-state index is -0.983. The molecule has 0 heterocycles. The van der Waals surface area contributed by atoms with E-state index in [0.717, 1.165) is 25.7 Å². The maximum absolute atomic E-state index is 11.8. The first kappa shape index (κ1) is 24.9. The van der Waals surface area contributed by atoms with E-state index < -0.39 is 18.0 Å². The maximum Gasteiger partial charge on any atom is 0.321 e. The fourth-order valence-corrected chi connectivity index (χ4v) is 2.90. The highest BCUT2D eigenvalue weighted by molar-refractivity contribution is 5.81. The molecule has 2 N–H and O–H groups in total. The standard InChI is InChI=1S/C21H41NO4/c1-3-5-7-9-11-13-15-17-26-20(23)18-19(21(24)25)22-16-14-12-10-8-6-4-2/h19,22H,3-18H2,1-2H3,(H,24,25). The third kappa shape index (κ3) is 16.4. The molecule has 0 aromatic heterocycles. The summed E-state index contributed by atoms with van der Waals surface area (Å²) in [5.74, 6) is -1.40. The molecule has 0 saturated carbocycles. The third-order valence-electron chi connectivity index (χ3n) is 4.60. The van der Waals surface area contributed by atoms with Crippen LogP contribution in [-0.4, -0.2) is 36.2 Å². The Morgan fingerprint density at radius 2 is 1.31 bits per heavy atom. The van der Waals surface area contributed by atoms with Crippen LogP contribution in [0.2, 0.25) is 0 Å². The van der Waals surface area contributed by atoms with E-state index in [1.807, 2.05) is 0 Å². The lowest BCUT2D eigenvalue weighted by Crippen LogP contribution is -2.39. The third-order valence-corrected chi connectivity index (χ3v) is 4.60. The summed E-state index contributed by atoms with van der Waals surface area (Å²) in [5.41, 5.74) is 0. The molecule has 0 aliphatic heterocycles. The highest BCUT2D eigenvalue weighted by atomic mass is 16.5. The summed E-state index contributed by atoms with van der Waals surface area (Å²) in [6.45, 7) is 5.42. The zero-order chi connectivity index (χ0) is 19.5. The van der Waals surface area contributed by atoms with E-state index in [4.69, 9.17) is 4.74 Å². The molecular formula is C21H41NO4. The van der Waals surface area contributed by atoms with E-state index >= 15 is 0 Å². The number of carboxylic acids is 1. The molecule has 1 unspecified atom stereocenters. The fourth-order valence-electron chi connectivity index (χ4n) is 2.90. The predicted molar refractivity (Wildman–Crippen MR) is 106 cm³/mol. The summed E-state index contributed by atoms with van der Waals surface area (Å²) in [6, 6.07) is -0.841. The van der Waals surface area contributed by atoms with Gasteiger partial charge in [0.1, 0.15) is 6.04 Å². The normalized spacial score (nSPS) is 12.1. The fraction of sp³-hybridized carbons (Fsp3) is 0.905. The van der Waals surface area contributed by atoms with E-state index in [-0.39, 0.29) is 6.42 Å². The van der Waals surface area contributed by atoms with Crippen LogP contribution in [0.1, 0.15) is 104 Å². The summed E-state index contributed by atoms with van der Waals surface area (Å²) >= 11 is 0. The first-order chi connectivity index (χ1) is 12.6. The molecule has 0 aromatic rings. The molecule has 0 aromatic carbocycles. The lowest BCUT2D eigenvalue weighted by Gasteiger charge is -2.14. The number of carbonyl (C=O) groups is 2. The Labute approximate surface area is 160 Å². The van der Waals surface area contributed by atoms with Crippen molar-refractivity contribution in [2.75, 3.05) is 13.2 Å². The van der Waals surface area contributed by atoms with E-state index in [9.17, 15) is 14.7 Å². The van der Waals surface area contributed by atoms with Crippen molar-refractivity contribution in [2.24, 2.45) is 0 Å². The Bertz CT molecular complexity index is 347. The van der Waals surface area contributed by atoms with E-state index in [0.29, 0.717) is 13.2 Å². The Hall–Kier alpha value is -1.10. The average molecular weight is 372 g/mol. The van der Waals surface area contributed by atoms with Gasteiger partial charge in [-0.25, -0.2) is 0 Å². The number of rotatable bonds is 19. The Balaban J connectivity index is 3.69. The topological polar surface area (TPSA) is 75.6 Å². The van der Waals surface area contributed by atoms with Gasteiger partial charge in [-0.05, 0) is 19.4 Å². The SMILES string of the molecule is CCCCCCCCCOC(=O)CC(NCCCCCCCC)C(=O)O. The van der Waals surface area contributed by atoms with Crippen LogP contribution < -0.4 is 5.32 Å². The summed E-state index contributed by atoms with van der Waals surface area (Å²) in [6.07, 6.45) is 15.0. The molecule has 5 heteroatoms. The second kappa shape index (κ2) is 18.7. The van der Waals surface area contributed by atoms with Gasteiger partial charge in [-0.1, -0.05) is 84.5 Å². The highest BCUT2D eigenvalue weighted by Crippen LogP contribution is 2.08. The summed E-state index contributed by atoms with van der Waals surface area (Å²) in [5, 5.41) is 12.2. The smallest absolute Gasteiger partial charge is 0.321 e. The number of ether oxygens (including phenoxy) is 1. The zero-order valence-corrected chi connectivity index (χ0v) is 17.1. The molecule has 0 radical (unpaired) electrons. The van der Waals surface area contributed by atoms with Crippen molar-refractivity contribution in [3.63, 3.8) is 0 Å². The lowest BCUT2D eigenvalue weighted by molar-refractivity contribution is -0.149. The van der Waals surface area contributed by atoms with Gasteiger partial charge in [0.2, 0.25) is 0 Å². The average Bonchev–Trinajstić information content (AvgIpc) is 2.62. The van der Waals surface area contributed by atoms with E-state index in [2.05, 4.69) is 19.2 Å². The van der Waals surface area contributed by atoms with Crippen LogP contribution in [0, 0.1) is 0 Å². The molecule has 0 amide bonds. The lowest BCUT2D eigenvalue weighted by atomic mass is 10.1. The number of carboxylic acid groups (broad SMARTS) is 1. The van der Waals surface area contributed by atoms with Crippen LogP contribution in [0.25, 0.3) is 0 Å². The molecule has 0 spiro atoms. The Kier molecular flexibility index (Phi) is 17.9. The summed E-state index contributed by atoms with van der Waals surface area (Å²) in [7, 11) is 0. The highest BCUT2D eigenvalue weighted by Gasteiger charge is 2.21. The molecule has 154 valence electrons. The molecule has 0 bridgehead atoms. The number of aliphatic carboxylic acids is 1. The van der Waals surface area contributed by atoms with Crippen LogP contribution >= 0.6 is 0 Å². The molecule has 0 rings (SSSR count). The largest absolute Gasteiger partial charge is 0.480 e. The number of carbonyl (C=O) groups excluding carboxylic acids is 1. The zero-order valence-electron chi connectivity index (χ0n) is 17.1. The first-order valence-corrected chi connectivity index (χ1v) is 10.7. The van der Waals surface area contributed by atoms with Crippen molar-refractivity contribution >= 4 is 11.9 Å². The molecule has 26 heavy (non-hydrogen) atoms. The summed E-state index contributed by atoms with van der Waals surface area (Å²) in [4.78, 5) is 23.1. The summed E-state index contributed by atoms with van der Waals surface area (Å²) < 4.78 is 5.18. The molecule has 0 saturated heterocycles. The quantitative estimate of drug-likeness (QED) is 0.245. The second-order valence-corrected chi connectivity index (χ2v) is 7.16. The van der Waals surface area contributed by atoms with Gasteiger partial charge in [0, 0.05) is 0 Å². The number of hydrogen-bond acceptors (Lipinski definition) is 4. The van der Waals surface area contributed by atoms with Crippen LogP contribution in [0.3, 0.4) is 0 Å². The minimum absolute atomic E-state index is 0.0956. The first-order valence-electron chi connectivity index (χ1n) is 10.7. The van der Waals surface area contributed by atoms with Crippen molar-refractivity contribution in [2.45, 2.75) is 110 Å². The van der Waals surface area contributed by atoms with Gasteiger partial charge in [-0.3, -0.25) is 9.59 Å². The Morgan fingerprint density at radius 1 is 0.808 bits per heavy atom. The van der Waals surface area contributed by atoms with Crippen molar-refractivity contribution in [1.29, 1.82) is 0 Å². The molecule has 0 aliphatic carbocycles. The van der Waals surface area contributed by atoms with Gasteiger partial charge in [-0.2, -0.15) is 0 Å². The number of unbranched alkanes of at least 4 members (excludes halogenated alkanes) is 11. The van der Waals surface area contributed by atoms with Gasteiger partial charge in [0.15, 0.2) is 0 Å². The molecule has 5 nitrogen and oxygen atoms in total. The van der Waals surface area contributed by atoms with Crippen LogP contribution in [-0.2, 0) is 14.3 Å². The molecular weight excluding hydrogens is 330 g/mol. The van der Waals surface area contributed by atoms with E-state index in [1.165, 1.54) is 57.8 Å². The predicted octanol–water partition coefficient (Wildman–Crippen LogP) is 5.07. The van der Waals surface area contributed by atoms with Gasteiger partial charge in [-0.15, -0.1) is 0 Å². The monoisotopic (exact) mass is 371 g/mol. The Morgan fingerprint density at radius 3 is 1.85 bits per heavy atom. The molecule has 0 aliphatic rings. The van der Waals surface area contributed by atoms with Crippen molar-refractivity contribution < 1.29 is 19.4 Å².